The van der Waals surface area contributed by atoms with Crippen molar-refractivity contribution < 1.29 is 80.2 Å². The van der Waals surface area contributed by atoms with Gasteiger partial charge in [0.05, 0.1) is 32.8 Å². The molecule has 0 rings (SSSR count). The van der Waals surface area contributed by atoms with Crippen LogP contribution in [0.4, 0.5) is 0 Å². The van der Waals surface area contributed by atoms with Crippen molar-refractivity contribution >= 4 is 39.5 Å². The van der Waals surface area contributed by atoms with Crippen LogP contribution in [-0.4, -0.2) is 96.7 Å². The number of hydrogen-bond donors (Lipinski definition) is 3. The summed E-state index contributed by atoms with van der Waals surface area (Å²) < 4.78 is 68.5. The molecule has 0 heterocycles. The molecule has 0 spiro atoms. The SMILES string of the molecule is CC/C=C\C/C=C\C/C=C\C/C=C\C/C=C\C/C=C\CCC(=O)OCC(COP(=O)(O)OCC(O)COP(=O)(O)OCC(COC(=O)CCCCCCCC/C=C\C/C=C\C/C=C\CCCCC)OC(=O)C/C=C\C/C=C\C/C=C\C/C=C\C/C=C\CC)OC(=O)CCCCC/C=C\C/C=C\C/C=C\C/C=C\C/C=C\CC. The van der Waals surface area contributed by atoms with Crippen LogP contribution in [-0.2, 0) is 65.4 Å². The fourth-order valence-corrected chi connectivity index (χ4v) is 11.5. The Labute approximate surface area is 676 Å². The number of allylic oxidation sites excluding steroid dienone is 37. The van der Waals surface area contributed by atoms with E-state index in [4.69, 9.17) is 37.0 Å². The molecule has 0 bridgehead atoms. The summed E-state index contributed by atoms with van der Waals surface area (Å²) in [4.78, 5) is 73.1. The fourth-order valence-electron chi connectivity index (χ4n) is 9.94. The van der Waals surface area contributed by atoms with E-state index < -0.39 is 97.5 Å². The van der Waals surface area contributed by atoms with Gasteiger partial charge in [0.15, 0.2) is 12.2 Å². The number of aliphatic hydroxyl groups excluding tert-OH is 1. The second-order valence-electron chi connectivity index (χ2n) is 26.6. The molecule has 0 aliphatic heterocycles. The molecule has 19 heteroatoms. The third kappa shape index (κ3) is 81.1. The van der Waals surface area contributed by atoms with E-state index in [0.717, 1.165) is 167 Å². The zero-order valence-corrected chi connectivity index (χ0v) is 70.5. The van der Waals surface area contributed by atoms with Crippen LogP contribution in [0.1, 0.15) is 272 Å². The normalized spacial score (nSPS) is 15.0. The number of esters is 4. The summed E-state index contributed by atoms with van der Waals surface area (Å²) in [6.45, 7) is 4.21. The number of carbonyl (C=O) groups is 4. The highest BCUT2D eigenvalue weighted by Gasteiger charge is 2.30. The molecular weight excluding hydrogens is 1450 g/mol. The van der Waals surface area contributed by atoms with E-state index >= 15 is 0 Å². The largest absolute Gasteiger partial charge is 0.472 e. The Kier molecular flexibility index (Phi) is 77.1. The average molecular weight is 1600 g/mol. The number of ether oxygens (including phenoxy) is 4. The van der Waals surface area contributed by atoms with Crippen molar-refractivity contribution in [3.05, 3.63) is 231 Å². The lowest BCUT2D eigenvalue weighted by molar-refractivity contribution is -0.161. The van der Waals surface area contributed by atoms with Crippen molar-refractivity contribution in [3.8, 4) is 0 Å². The van der Waals surface area contributed by atoms with Crippen LogP contribution in [0, 0.1) is 0 Å². The van der Waals surface area contributed by atoms with Crippen LogP contribution in [0.15, 0.2) is 231 Å². The smallest absolute Gasteiger partial charge is 0.462 e. The van der Waals surface area contributed by atoms with Crippen molar-refractivity contribution in [2.24, 2.45) is 0 Å². The summed E-state index contributed by atoms with van der Waals surface area (Å²) in [5.74, 6) is -2.50. The summed E-state index contributed by atoms with van der Waals surface area (Å²) in [5, 5.41) is 10.7. The van der Waals surface area contributed by atoms with Crippen LogP contribution in [0.3, 0.4) is 0 Å². The van der Waals surface area contributed by atoms with Gasteiger partial charge < -0.3 is 33.8 Å². The molecule has 0 radical (unpaired) electrons. The molecule has 0 amide bonds. The Morgan fingerprint density at radius 1 is 0.268 bits per heavy atom. The van der Waals surface area contributed by atoms with Crippen LogP contribution < -0.4 is 0 Å². The Bertz CT molecular complexity index is 3040. The van der Waals surface area contributed by atoms with E-state index in [1.165, 1.54) is 19.3 Å². The lowest BCUT2D eigenvalue weighted by Gasteiger charge is -2.21. The van der Waals surface area contributed by atoms with Gasteiger partial charge in [-0.1, -0.05) is 304 Å². The maximum Gasteiger partial charge on any atom is 0.472 e. The molecule has 0 aromatic heterocycles. The number of rotatable bonds is 75. The van der Waals surface area contributed by atoms with Crippen molar-refractivity contribution in [2.45, 2.75) is 290 Å². The van der Waals surface area contributed by atoms with E-state index in [1.807, 2.05) is 30.4 Å². The summed E-state index contributed by atoms with van der Waals surface area (Å²) in [7, 11) is -10.1. The fraction of sp³-hybridized carbons (Fsp3) is 0.548. The molecule has 0 fully saturated rings. The number of unbranched alkanes of at least 4 members (excludes halogenated alkanes) is 12. The Hall–Kier alpha value is -6.88. The van der Waals surface area contributed by atoms with Gasteiger partial charge in [0.1, 0.15) is 19.3 Å². The second kappa shape index (κ2) is 82.1. The predicted molar refractivity (Wildman–Crippen MR) is 463 cm³/mol. The minimum Gasteiger partial charge on any atom is -0.462 e. The molecule has 17 nitrogen and oxygen atoms in total. The molecule has 5 atom stereocenters. The van der Waals surface area contributed by atoms with Gasteiger partial charge in [-0.25, -0.2) is 9.13 Å². The predicted octanol–water partition coefficient (Wildman–Crippen LogP) is 25.0. The molecule has 0 saturated carbocycles. The van der Waals surface area contributed by atoms with Gasteiger partial charge in [0.2, 0.25) is 0 Å². The van der Waals surface area contributed by atoms with Crippen molar-refractivity contribution in [2.75, 3.05) is 39.6 Å². The average Bonchev–Trinajstić information content (AvgIpc) is 0.898. The lowest BCUT2D eigenvalue weighted by atomic mass is 10.1. The molecule has 0 saturated heterocycles. The van der Waals surface area contributed by atoms with Crippen LogP contribution in [0.5, 0.6) is 0 Å². The van der Waals surface area contributed by atoms with E-state index in [2.05, 4.69) is 216 Å². The number of phosphoric ester groups is 2. The Morgan fingerprint density at radius 2 is 0.518 bits per heavy atom. The number of hydrogen-bond acceptors (Lipinski definition) is 15. The monoisotopic (exact) mass is 1590 g/mol. The standard InChI is InChI=1S/C93H144O17P2/c1-5-9-13-17-21-25-29-33-37-40-43-46-50-53-57-61-65-69-73-77-90(95)103-83-88(109-92(97)79-75-71-67-63-59-55-49-36-32-28-24-20-16-12-8-4)85-107-111(99,100)105-81-87(94)82-106-112(101,102)108-86-89(110-93(98)80-76-72-68-64-60-56-52-48-45-42-39-35-31-27-23-19-15-11-7-3)84-104-91(96)78-74-70-66-62-58-54-51-47-44-41-38-34-30-26-22-18-14-10-6-2/h10-12,14-16,21-28,33-39,43-49,54,56,58-60,63,66,70-71,75,87-89,94H,5-9,13,17-20,29-32,40-42,50-53,55,57,61-62,64-65,67-69,72-74,76-86H2,1-4H3,(H,99,100)(H,101,102)/b14-10-,15-11-,16-12-,25-21-,26-22-,27-23-,28-24-,37-33-,38-34-,39-35-,46-43-,47-44-,48-45-,49-36-,58-54-,60-56-,63-59-,70-66-,75-71-. The van der Waals surface area contributed by atoms with Crippen molar-refractivity contribution in [1.82, 2.24) is 0 Å². The highest BCUT2D eigenvalue weighted by atomic mass is 31.2. The van der Waals surface area contributed by atoms with Crippen molar-refractivity contribution in [1.29, 1.82) is 0 Å². The number of carbonyl (C=O) groups excluding carboxylic acids is 4. The first-order chi connectivity index (χ1) is 54.7. The highest BCUT2D eigenvalue weighted by Crippen LogP contribution is 2.45. The molecular formula is C93H144O17P2. The zero-order chi connectivity index (χ0) is 81.7. The number of phosphoric acid groups is 2. The first-order valence-corrected chi connectivity index (χ1v) is 44.6. The van der Waals surface area contributed by atoms with Crippen LogP contribution in [0.25, 0.3) is 0 Å². The third-order valence-corrected chi connectivity index (χ3v) is 18.0. The first kappa shape index (κ1) is 105. The molecule has 0 aromatic rings. The molecule has 112 heavy (non-hydrogen) atoms. The molecule has 0 aliphatic rings. The van der Waals surface area contributed by atoms with E-state index in [-0.39, 0.29) is 25.7 Å². The second-order valence-corrected chi connectivity index (χ2v) is 29.5. The Balaban J connectivity index is 5.58. The lowest BCUT2D eigenvalue weighted by Crippen LogP contribution is -2.30. The van der Waals surface area contributed by atoms with Crippen molar-refractivity contribution in [3.63, 3.8) is 0 Å². The van der Waals surface area contributed by atoms with E-state index in [1.54, 1.807) is 12.2 Å². The minimum atomic E-state index is -5.03. The molecule has 3 N–H and O–H groups in total. The van der Waals surface area contributed by atoms with E-state index in [0.29, 0.717) is 32.1 Å². The summed E-state index contributed by atoms with van der Waals surface area (Å²) in [5.41, 5.74) is 0. The third-order valence-electron chi connectivity index (χ3n) is 16.1. The Morgan fingerprint density at radius 3 is 0.857 bits per heavy atom. The molecule has 5 unspecified atom stereocenters. The maximum absolute atomic E-state index is 13.1. The van der Waals surface area contributed by atoms with Gasteiger partial charge in [0.25, 0.3) is 0 Å². The van der Waals surface area contributed by atoms with Gasteiger partial charge in [-0.15, -0.1) is 0 Å². The molecule has 628 valence electrons. The molecule has 0 aromatic carbocycles. The number of aliphatic hydroxyl groups is 1. The van der Waals surface area contributed by atoms with Crippen LogP contribution >= 0.6 is 15.6 Å². The van der Waals surface area contributed by atoms with Gasteiger partial charge in [-0.05, 0) is 173 Å². The maximum atomic E-state index is 13.1. The topological polar surface area (TPSA) is 237 Å². The molecule has 0 aliphatic carbocycles. The summed E-state index contributed by atoms with van der Waals surface area (Å²) >= 11 is 0. The van der Waals surface area contributed by atoms with E-state index in [9.17, 15) is 43.2 Å². The highest BCUT2D eigenvalue weighted by molar-refractivity contribution is 7.47. The first-order valence-electron chi connectivity index (χ1n) is 41.6. The minimum absolute atomic E-state index is 0.0155. The zero-order valence-electron chi connectivity index (χ0n) is 68.7. The quantitative estimate of drug-likeness (QED) is 0.0169. The summed E-state index contributed by atoms with van der Waals surface area (Å²) in [6, 6.07) is 0. The van der Waals surface area contributed by atoms with Crippen LogP contribution in [0.2, 0.25) is 0 Å². The van der Waals surface area contributed by atoms with Gasteiger partial charge in [-0.2, -0.15) is 0 Å². The van der Waals surface area contributed by atoms with Gasteiger partial charge >= 0.3 is 39.5 Å². The van der Waals surface area contributed by atoms with Gasteiger partial charge in [-0.3, -0.25) is 37.3 Å². The van der Waals surface area contributed by atoms with Gasteiger partial charge in [0, 0.05) is 19.3 Å². The summed E-state index contributed by atoms with van der Waals surface area (Å²) in [6.07, 6.45) is 106.